The van der Waals surface area contributed by atoms with Gasteiger partial charge >= 0.3 is 0 Å². The van der Waals surface area contributed by atoms with Gasteiger partial charge in [-0.2, -0.15) is 0 Å². The number of nitrogens with zero attached hydrogens (tertiary/aromatic N) is 3. The van der Waals surface area contributed by atoms with Crippen molar-refractivity contribution < 1.29 is 24.1 Å². The van der Waals surface area contributed by atoms with Gasteiger partial charge in [0, 0.05) is 19.0 Å². The molecule has 0 aromatic heterocycles. The van der Waals surface area contributed by atoms with Crippen molar-refractivity contribution in [1.29, 1.82) is 0 Å². The first kappa shape index (κ1) is 16.7. The number of hydrogen-bond donors (Lipinski definition) is 0. The van der Waals surface area contributed by atoms with E-state index in [-0.39, 0.29) is 36.4 Å². The molecule has 0 saturated carbocycles. The van der Waals surface area contributed by atoms with Crippen LogP contribution in [0.1, 0.15) is 46.9 Å². The molecule has 0 spiro atoms. The number of piperidine rings is 1. The monoisotopic (exact) mass is 345 g/mol. The van der Waals surface area contributed by atoms with Crippen LogP contribution >= 0.6 is 0 Å². The number of fused-ring (bicyclic) bond motifs is 1. The summed E-state index contributed by atoms with van der Waals surface area (Å²) in [4.78, 5) is 62.0. The van der Waals surface area contributed by atoms with Crippen molar-refractivity contribution in [3.05, 3.63) is 39.4 Å². The summed E-state index contributed by atoms with van der Waals surface area (Å²) in [6.45, 7) is 2.01. The summed E-state index contributed by atoms with van der Waals surface area (Å²) in [5.41, 5.74) is -0.863. The van der Waals surface area contributed by atoms with Gasteiger partial charge in [0.1, 0.15) is 11.6 Å². The van der Waals surface area contributed by atoms with Crippen LogP contribution in [-0.4, -0.2) is 50.9 Å². The molecule has 0 N–H and O–H groups in total. The van der Waals surface area contributed by atoms with Crippen LogP contribution in [-0.2, 0) is 9.59 Å². The third-order valence-corrected chi connectivity index (χ3v) is 4.36. The number of carbonyl (C=O) groups excluding carboxylic acids is 4. The van der Waals surface area contributed by atoms with E-state index in [9.17, 15) is 29.3 Å². The Hall–Kier alpha value is -3.10. The standard InChI is InChI=1S/C16H15N3O6/c1-2-8-17-12(20)7-6-11(15(17)22)18-14(21)9-4-3-5-10(19(24)25)13(9)16(18)23/h3-5,11H,2,6-8H2,1H3. The van der Waals surface area contributed by atoms with E-state index >= 15 is 0 Å². The normalized spacial score (nSPS) is 20.3. The van der Waals surface area contributed by atoms with Gasteiger partial charge in [0.15, 0.2) is 0 Å². The van der Waals surface area contributed by atoms with E-state index in [1.54, 1.807) is 6.92 Å². The van der Waals surface area contributed by atoms with Crippen molar-refractivity contribution >= 4 is 29.3 Å². The Balaban J connectivity index is 2.00. The van der Waals surface area contributed by atoms with Crippen LogP contribution < -0.4 is 0 Å². The summed E-state index contributed by atoms with van der Waals surface area (Å²) < 4.78 is 0. The number of nitro benzene ring substituents is 1. The molecule has 2 aliphatic heterocycles. The van der Waals surface area contributed by atoms with E-state index in [4.69, 9.17) is 0 Å². The van der Waals surface area contributed by atoms with Gasteiger partial charge in [-0.1, -0.05) is 13.0 Å². The fraction of sp³-hybridized carbons (Fsp3) is 0.375. The maximum atomic E-state index is 12.7. The topological polar surface area (TPSA) is 118 Å². The van der Waals surface area contributed by atoms with Crippen LogP contribution in [0.3, 0.4) is 0 Å². The molecular formula is C16H15N3O6. The van der Waals surface area contributed by atoms with Crippen molar-refractivity contribution in [2.24, 2.45) is 0 Å². The van der Waals surface area contributed by atoms with Crippen LogP contribution in [0.2, 0.25) is 0 Å². The van der Waals surface area contributed by atoms with Gasteiger partial charge in [0.05, 0.1) is 10.5 Å². The molecule has 1 unspecified atom stereocenters. The van der Waals surface area contributed by atoms with Gasteiger partial charge < -0.3 is 0 Å². The molecule has 0 radical (unpaired) electrons. The molecule has 9 nitrogen and oxygen atoms in total. The number of carbonyl (C=O) groups is 4. The molecule has 130 valence electrons. The van der Waals surface area contributed by atoms with Crippen molar-refractivity contribution in [2.75, 3.05) is 6.54 Å². The van der Waals surface area contributed by atoms with Gasteiger partial charge in [-0.15, -0.1) is 0 Å². The quantitative estimate of drug-likeness (QED) is 0.458. The lowest BCUT2D eigenvalue weighted by Gasteiger charge is -2.34. The highest BCUT2D eigenvalue weighted by atomic mass is 16.6. The summed E-state index contributed by atoms with van der Waals surface area (Å²) in [6.07, 6.45) is 0.612. The van der Waals surface area contributed by atoms with Crippen LogP contribution in [0.5, 0.6) is 0 Å². The Kier molecular flexibility index (Phi) is 4.07. The maximum Gasteiger partial charge on any atom is 0.282 e. The number of benzene rings is 1. The Bertz CT molecular complexity index is 818. The number of hydrogen-bond acceptors (Lipinski definition) is 6. The zero-order valence-electron chi connectivity index (χ0n) is 13.4. The first-order valence-corrected chi connectivity index (χ1v) is 7.88. The molecule has 1 fully saturated rings. The fourth-order valence-corrected chi connectivity index (χ4v) is 3.24. The number of imide groups is 2. The second-order valence-electron chi connectivity index (χ2n) is 5.88. The lowest BCUT2D eigenvalue weighted by atomic mass is 10.0. The molecule has 0 bridgehead atoms. The molecule has 3 rings (SSSR count). The average Bonchev–Trinajstić information content (AvgIpc) is 2.83. The second-order valence-corrected chi connectivity index (χ2v) is 5.88. The number of amides is 4. The van der Waals surface area contributed by atoms with Gasteiger partial charge in [0.2, 0.25) is 5.91 Å². The molecule has 1 atom stereocenters. The first-order chi connectivity index (χ1) is 11.9. The summed E-state index contributed by atoms with van der Waals surface area (Å²) in [7, 11) is 0. The number of rotatable bonds is 4. The zero-order valence-corrected chi connectivity index (χ0v) is 13.4. The molecule has 1 aromatic rings. The van der Waals surface area contributed by atoms with Crippen molar-refractivity contribution in [3.63, 3.8) is 0 Å². The van der Waals surface area contributed by atoms with E-state index in [1.807, 2.05) is 0 Å². The minimum absolute atomic E-state index is 0.0249. The third-order valence-electron chi connectivity index (χ3n) is 4.36. The molecule has 1 aromatic carbocycles. The zero-order chi connectivity index (χ0) is 18.3. The second kappa shape index (κ2) is 6.08. The Morgan fingerprint density at radius 2 is 1.92 bits per heavy atom. The lowest BCUT2D eigenvalue weighted by Crippen LogP contribution is -2.56. The Morgan fingerprint density at radius 1 is 1.20 bits per heavy atom. The smallest absolute Gasteiger partial charge is 0.281 e. The molecular weight excluding hydrogens is 330 g/mol. The maximum absolute atomic E-state index is 12.7. The van der Waals surface area contributed by atoms with Gasteiger partial charge in [-0.25, -0.2) is 0 Å². The molecule has 2 aliphatic rings. The van der Waals surface area contributed by atoms with Crippen molar-refractivity contribution in [1.82, 2.24) is 9.80 Å². The van der Waals surface area contributed by atoms with Gasteiger partial charge in [-0.05, 0) is 18.9 Å². The summed E-state index contributed by atoms with van der Waals surface area (Å²) in [5.74, 6) is -2.56. The Labute approximate surface area is 142 Å². The third kappa shape index (κ3) is 2.48. The van der Waals surface area contributed by atoms with Crippen molar-refractivity contribution in [3.8, 4) is 0 Å². The lowest BCUT2D eigenvalue weighted by molar-refractivity contribution is -0.385. The SMILES string of the molecule is CCCN1C(=O)CCC(N2C(=O)c3cccc([N+](=O)[O-])c3C2=O)C1=O. The fourth-order valence-electron chi connectivity index (χ4n) is 3.24. The highest BCUT2D eigenvalue weighted by molar-refractivity contribution is 6.25. The summed E-state index contributed by atoms with van der Waals surface area (Å²) in [6, 6.07) is 2.67. The predicted octanol–water partition coefficient (Wildman–Crippen LogP) is 1.12. The van der Waals surface area contributed by atoms with Crippen LogP contribution in [0.4, 0.5) is 5.69 Å². The van der Waals surface area contributed by atoms with Crippen LogP contribution in [0.15, 0.2) is 18.2 Å². The molecule has 9 heteroatoms. The van der Waals surface area contributed by atoms with E-state index in [2.05, 4.69) is 0 Å². The molecule has 1 saturated heterocycles. The van der Waals surface area contributed by atoms with Crippen molar-refractivity contribution in [2.45, 2.75) is 32.2 Å². The van der Waals surface area contributed by atoms with Crippen LogP contribution in [0.25, 0.3) is 0 Å². The van der Waals surface area contributed by atoms with E-state index < -0.39 is 34.4 Å². The average molecular weight is 345 g/mol. The first-order valence-electron chi connectivity index (χ1n) is 7.88. The summed E-state index contributed by atoms with van der Waals surface area (Å²) >= 11 is 0. The summed E-state index contributed by atoms with van der Waals surface area (Å²) in [5, 5.41) is 11.1. The predicted molar refractivity (Wildman–Crippen MR) is 83.6 cm³/mol. The van der Waals surface area contributed by atoms with E-state index in [0.717, 1.165) is 15.9 Å². The molecule has 2 heterocycles. The largest absolute Gasteiger partial charge is 0.282 e. The van der Waals surface area contributed by atoms with Gasteiger partial charge in [0.25, 0.3) is 23.4 Å². The van der Waals surface area contributed by atoms with Gasteiger partial charge in [-0.3, -0.25) is 39.1 Å². The highest BCUT2D eigenvalue weighted by Gasteiger charge is 2.49. The van der Waals surface area contributed by atoms with Crippen LogP contribution in [0, 0.1) is 10.1 Å². The number of likely N-dealkylation sites (tertiary alicyclic amines) is 1. The minimum atomic E-state index is -1.11. The highest BCUT2D eigenvalue weighted by Crippen LogP contribution is 2.34. The molecule has 25 heavy (non-hydrogen) atoms. The Morgan fingerprint density at radius 3 is 2.56 bits per heavy atom. The number of nitro groups is 1. The van der Waals surface area contributed by atoms with E-state index in [1.165, 1.54) is 12.1 Å². The van der Waals surface area contributed by atoms with E-state index in [0.29, 0.717) is 6.42 Å². The minimum Gasteiger partial charge on any atom is -0.281 e. The molecule has 4 amide bonds. The molecule has 0 aliphatic carbocycles.